The number of aryl methyl sites for hydroxylation is 1. The molecule has 0 atom stereocenters. The molecule has 1 N–H and O–H groups in total. The van der Waals surface area contributed by atoms with E-state index in [0.717, 1.165) is 34.1 Å². The molecule has 0 aliphatic carbocycles. The Labute approximate surface area is 128 Å². The molecule has 3 aromatic rings. The highest BCUT2D eigenvalue weighted by atomic mass is 35.5. The maximum Gasteiger partial charge on any atom is 0.256 e. The number of anilines is 1. The summed E-state index contributed by atoms with van der Waals surface area (Å²) in [4.78, 5) is 4.46. The first-order chi connectivity index (χ1) is 10.2. The van der Waals surface area contributed by atoms with E-state index in [2.05, 4.69) is 27.4 Å². The third-order valence-electron chi connectivity index (χ3n) is 3.52. The molecule has 0 fully saturated rings. The summed E-state index contributed by atoms with van der Waals surface area (Å²) in [6, 6.07) is 7.82. The summed E-state index contributed by atoms with van der Waals surface area (Å²) in [5.74, 6) is 1.58. The van der Waals surface area contributed by atoms with Gasteiger partial charge in [-0.05, 0) is 25.0 Å². The Balaban J connectivity index is 1.99. The predicted octanol–water partition coefficient (Wildman–Crippen LogP) is 3.26. The number of nitrogens with one attached hydrogen (secondary N) is 1. The Morgan fingerprint density at radius 2 is 2.10 bits per heavy atom. The van der Waals surface area contributed by atoms with E-state index in [1.54, 1.807) is 6.33 Å². The summed E-state index contributed by atoms with van der Waals surface area (Å²) in [7, 11) is 0. The van der Waals surface area contributed by atoms with Gasteiger partial charge >= 0.3 is 0 Å². The number of benzene rings is 1. The maximum atomic E-state index is 6.21. The van der Waals surface area contributed by atoms with Crippen LogP contribution in [0.3, 0.4) is 0 Å². The molecule has 0 aliphatic heterocycles. The predicted molar refractivity (Wildman–Crippen MR) is 83.7 cm³/mol. The van der Waals surface area contributed by atoms with E-state index in [1.807, 2.05) is 35.6 Å². The zero-order chi connectivity index (χ0) is 14.8. The van der Waals surface area contributed by atoms with Crippen LogP contribution in [0.25, 0.3) is 5.78 Å². The Morgan fingerprint density at radius 3 is 2.86 bits per heavy atom. The molecule has 0 saturated carbocycles. The Kier molecular flexibility index (Phi) is 3.75. The Morgan fingerprint density at radius 1 is 1.29 bits per heavy atom. The second-order valence-corrected chi connectivity index (χ2v) is 5.23. The highest BCUT2D eigenvalue weighted by molar-refractivity contribution is 6.31. The van der Waals surface area contributed by atoms with Gasteiger partial charge in [0.05, 0.1) is 0 Å². The van der Waals surface area contributed by atoms with Crippen LogP contribution in [0.1, 0.15) is 23.7 Å². The van der Waals surface area contributed by atoms with Crippen LogP contribution < -0.4 is 5.32 Å². The van der Waals surface area contributed by atoms with Gasteiger partial charge in [0.1, 0.15) is 12.1 Å². The largest absolute Gasteiger partial charge is 0.367 e. The topological polar surface area (TPSA) is 55.1 Å². The van der Waals surface area contributed by atoms with Crippen LogP contribution in [0.15, 0.2) is 30.6 Å². The summed E-state index contributed by atoms with van der Waals surface area (Å²) in [6.45, 7) is 4.75. The van der Waals surface area contributed by atoms with Crippen LogP contribution in [0.5, 0.6) is 0 Å². The molecule has 0 aliphatic rings. The molecule has 21 heavy (non-hydrogen) atoms. The minimum atomic E-state index is 0.603. The molecule has 2 aromatic heterocycles. The SMILES string of the molecule is CCc1c(C)nc2nncn2c1NCc1ccccc1Cl. The normalized spacial score (nSPS) is 11.0. The quantitative estimate of drug-likeness (QED) is 0.803. The Bertz CT molecular complexity index is 781. The molecule has 1 aromatic carbocycles. The molecular weight excluding hydrogens is 286 g/mol. The van der Waals surface area contributed by atoms with E-state index in [-0.39, 0.29) is 0 Å². The van der Waals surface area contributed by atoms with Crippen molar-refractivity contribution in [2.75, 3.05) is 5.32 Å². The smallest absolute Gasteiger partial charge is 0.256 e. The van der Waals surface area contributed by atoms with Crippen molar-refractivity contribution < 1.29 is 0 Å². The summed E-state index contributed by atoms with van der Waals surface area (Å²) in [5, 5.41) is 12.2. The van der Waals surface area contributed by atoms with Crippen LogP contribution in [0.4, 0.5) is 5.82 Å². The van der Waals surface area contributed by atoms with Crippen molar-refractivity contribution in [3.05, 3.63) is 52.4 Å². The van der Waals surface area contributed by atoms with E-state index in [4.69, 9.17) is 11.6 Å². The molecule has 0 radical (unpaired) electrons. The molecule has 6 heteroatoms. The van der Waals surface area contributed by atoms with Crippen molar-refractivity contribution in [1.82, 2.24) is 19.6 Å². The minimum absolute atomic E-state index is 0.603. The van der Waals surface area contributed by atoms with Gasteiger partial charge < -0.3 is 5.32 Å². The van der Waals surface area contributed by atoms with Gasteiger partial charge in [0.25, 0.3) is 5.78 Å². The van der Waals surface area contributed by atoms with E-state index >= 15 is 0 Å². The first-order valence-corrected chi connectivity index (χ1v) is 7.25. The minimum Gasteiger partial charge on any atom is -0.367 e. The highest BCUT2D eigenvalue weighted by Crippen LogP contribution is 2.22. The van der Waals surface area contributed by atoms with Crippen molar-refractivity contribution in [3.63, 3.8) is 0 Å². The molecule has 0 unspecified atom stereocenters. The summed E-state index contributed by atoms with van der Waals surface area (Å²) in [6.07, 6.45) is 2.56. The summed E-state index contributed by atoms with van der Waals surface area (Å²) >= 11 is 6.21. The van der Waals surface area contributed by atoms with Crippen LogP contribution in [0.2, 0.25) is 5.02 Å². The van der Waals surface area contributed by atoms with Gasteiger partial charge in [0.15, 0.2) is 0 Å². The van der Waals surface area contributed by atoms with Crippen LogP contribution in [-0.4, -0.2) is 19.6 Å². The Hall–Kier alpha value is -2.14. The lowest BCUT2D eigenvalue weighted by molar-refractivity contribution is 0.960. The lowest BCUT2D eigenvalue weighted by Gasteiger charge is -2.15. The molecule has 0 amide bonds. The number of fused-ring (bicyclic) bond motifs is 1. The molecule has 2 heterocycles. The first-order valence-electron chi connectivity index (χ1n) is 6.87. The fourth-order valence-electron chi connectivity index (χ4n) is 2.43. The standard InChI is InChI=1S/C15H16ClN5/c1-3-12-10(2)19-15-20-18-9-21(15)14(12)17-8-11-6-4-5-7-13(11)16/h4-7,9,17H,3,8H2,1-2H3. The average Bonchev–Trinajstić information content (AvgIpc) is 2.93. The van der Waals surface area contributed by atoms with E-state index < -0.39 is 0 Å². The number of halogens is 1. The lowest BCUT2D eigenvalue weighted by atomic mass is 10.1. The third kappa shape index (κ3) is 2.56. The second kappa shape index (κ2) is 5.69. The van der Waals surface area contributed by atoms with Crippen molar-refractivity contribution in [2.24, 2.45) is 0 Å². The van der Waals surface area contributed by atoms with Crippen molar-refractivity contribution in [2.45, 2.75) is 26.8 Å². The van der Waals surface area contributed by atoms with Crippen molar-refractivity contribution in [3.8, 4) is 0 Å². The maximum absolute atomic E-state index is 6.21. The van der Waals surface area contributed by atoms with E-state index in [1.165, 1.54) is 0 Å². The molecule has 108 valence electrons. The number of rotatable bonds is 4. The van der Waals surface area contributed by atoms with Crippen molar-refractivity contribution in [1.29, 1.82) is 0 Å². The van der Waals surface area contributed by atoms with Gasteiger partial charge in [0.2, 0.25) is 0 Å². The summed E-state index contributed by atoms with van der Waals surface area (Å²) in [5.41, 5.74) is 3.19. The van der Waals surface area contributed by atoms with Gasteiger partial charge in [-0.15, -0.1) is 10.2 Å². The number of nitrogens with zero attached hydrogens (tertiary/aromatic N) is 4. The molecular formula is C15H16ClN5. The molecule has 0 saturated heterocycles. The summed E-state index contributed by atoms with van der Waals surface area (Å²) < 4.78 is 1.88. The lowest BCUT2D eigenvalue weighted by Crippen LogP contribution is -2.10. The average molecular weight is 302 g/mol. The van der Waals surface area contributed by atoms with Gasteiger partial charge in [0, 0.05) is 22.8 Å². The molecule has 0 spiro atoms. The monoisotopic (exact) mass is 301 g/mol. The molecule has 5 nitrogen and oxygen atoms in total. The van der Waals surface area contributed by atoms with Gasteiger partial charge in [-0.3, -0.25) is 4.40 Å². The number of hydrogen-bond acceptors (Lipinski definition) is 4. The van der Waals surface area contributed by atoms with Crippen LogP contribution in [-0.2, 0) is 13.0 Å². The highest BCUT2D eigenvalue weighted by Gasteiger charge is 2.12. The second-order valence-electron chi connectivity index (χ2n) is 4.82. The van der Waals surface area contributed by atoms with Crippen molar-refractivity contribution >= 4 is 23.2 Å². The fraction of sp³-hybridized carbons (Fsp3) is 0.267. The van der Waals surface area contributed by atoms with Gasteiger partial charge in [-0.2, -0.15) is 0 Å². The number of aromatic nitrogens is 4. The number of hydrogen-bond donors (Lipinski definition) is 1. The molecule has 0 bridgehead atoms. The van der Waals surface area contributed by atoms with Gasteiger partial charge in [-0.1, -0.05) is 36.7 Å². The van der Waals surface area contributed by atoms with Gasteiger partial charge in [-0.25, -0.2) is 4.98 Å². The van der Waals surface area contributed by atoms with E-state index in [0.29, 0.717) is 12.3 Å². The van der Waals surface area contributed by atoms with Crippen LogP contribution in [0, 0.1) is 6.92 Å². The van der Waals surface area contributed by atoms with Crippen LogP contribution >= 0.6 is 11.6 Å². The fourth-order valence-corrected chi connectivity index (χ4v) is 2.64. The zero-order valence-corrected chi connectivity index (χ0v) is 12.7. The molecule has 3 rings (SSSR count). The third-order valence-corrected chi connectivity index (χ3v) is 3.89. The first kappa shape index (κ1) is 13.8. The van der Waals surface area contributed by atoms with E-state index in [9.17, 15) is 0 Å². The zero-order valence-electron chi connectivity index (χ0n) is 12.0.